The Bertz CT molecular complexity index is 260. The first kappa shape index (κ1) is 9.95. The fourth-order valence-electron chi connectivity index (χ4n) is 1.18. The largest absolute Gasteiger partial charge is 0.382 e. The molecule has 2 N–H and O–H groups in total. The second-order valence-electron chi connectivity index (χ2n) is 3.19. The summed E-state index contributed by atoms with van der Waals surface area (Å²) in [6.07, 6.45) is -0.653. The lowest BCUT2D eigenvalue weighted by Gasteiger charge is -2.09. The maximum atomic E-state index is 11.9. The highest BCUT2D eigenvalue weighted by Gasteiger charge is 2.10. The number of alkyl halides is 2. The van der Waals surface area contributed by atoms with E-state index in [1.54, 1.807) is 23.9 Å². The highest BCUT2D eigenvalue weighted by atomic mass is 19.3. The van der Waals surface area contributed by atoms with Crippen LogP contribution in [0.2, 0.25) is 0 Å². The zero-order chi connectivity index (χ0) is 9.84. The number of hydrogen-bond acceptors (Lipinski definition) is 2. The van der Waals surface area contributed by atoms with Crippen LogP contribution in [0.3, 0.4) is 0 Å². The molecule has 1 atom stereocenters. The normalized spacial score (nSPS) is 13.5. The van der Waals surface area contributed by atoms with Gasteiger partial charge in [-0.15, -0.1) is 0 Å². The maximum absolute atomic E-state index is 11.9. The molecule has 0 spiro atoms. The van der Waals surface area contributed by atoms with Crippen LogP contribution in [-0.4, -0.2) is 16.2 Å². The Morgan fingerprint density at radius 3 is 2.77 bits per heavy atom. The lowest BCUT2D eigenvalue weighted by atomic mass is 10.1. The Kier molecular flexibility index (Phi) is 3.22. The molecule has 1 aromatic rings. The first-order valence-electron chi connectivity index (χ1n) is 4.15. The van der Waals surface area contributed by atoms with Crippen LogP contribution >= 0.6 is 0 Å². The molecule has 0 saturated heterocycles. The molecular weight excluding hydrogens is 176 g/mol. The van der Waals surface area contributed by atoms with E-state index in [0.29, 0.717) is 12.4 Å². The zero-order valence-corrected chi connectivity index (χ0v) is 7.45. The van der Waals surface area contributed by atoms with Crippen molar-refractivity contribution >= 4 is 5.82 Å². The van der Waals surface area contributed by atoms with Gasteiger partial charge in [-0.25, -0.2) is 8.78 Å². The molecule has 5 heteroatoms. The predicted octanol–water partition coefficient (Wildman–Crippen LogP) is 1.76. The molecule has 0 fully saturated rings. The van der Waals surface area contributed by atoms with Gasteiger partial charge in [0.25, 0.3) is 0 Å². The summed E-state index contributed by atoms with van der Waals surface area (Å²) in [5.41, 5.74) is 5.38. The van der Waals surface area contributed by atoms with E-state index in [2.05, 4.69) is 5.10 Å². The number of nitrogens with two attached hydrogens (primary N) is 1. The van der Waals surface area contributed by atoms with Gasteiger partial charge in [-0.1, -0.05) is 6.92 Å². The summed E-state index contributed by atoms with van der Waals surface area (Å²) in [5, 5.41) is 3.91. The molecular formula is C8H13F2N3. The second kappa shape index (κ2) is 4.20. The molecule has 0 bridgehead atoms. The fourth-order valence-corrected chi connectivity index (χ4v) is 1.18. The Balaban J connectivity index is 2.40. The van der Waals surface area contributed by atoms with Crippen LogP contribution in [0.4, 0.5) is 14.6 Å². The maximum Gasteiger partial charge on any atom is 0.239 e. The van der Waals surface area contributed by atoms with Crippen molar-refractivity contribution in [3.8, 4) is 0 Å². The molecule has 0 aliphatic carbocycles. The summed E-state index contributed by atoms with van der Waals surface area (Å²) in [7, 11) is 0. The minimum atomic E-state index is -2.25. The van der Waals surface area contributed by atoms with Gasteiger partial charge in [0, 0.05) is 19.2 Å². The molecule has 1 aromatic heterocycles. The lowest BCUT2D eigenvalue weighted by Crippen LogP contribution is -2.11. The average Bonchev–Trinajstić information content (AvgIpc) is 2.33. The van der Waals surface area contributed by atoms with Gasteiger partial charge in [-0.05, 0) is 12.0 Å². The third-order valence-corrected chi connectivity index (χ3v) is 1.74. The van der Waals surface area contributed by atoms with Crippen molar-refractivity contribution in [2.45, 2.75) is 26.3 Å². The number of hydrogen-bond donors (Lipinski definition) is 1. The van der Waals surface area contributed by atoms with Crippen LogP contribution in [0.1, 0.15) is 13.3 Å². The third kappa shape index (κ3) is 3.40. The molecule has 0 saturated carbocycles. The van der Waals surface area contributed by atoms with E-state index >= 15 is 0 Å². The Hall–Kier alpha value is -1.13. The third-order valence-electron chi connectivity index (χ3n) is 1.74. The summed E-state index contributed by atoms with van der Waals surface area (Å²) in [6.45, 7) is 2.26. The van der Waals surface area contributed by atoms with Crippen LogP contribution in [0.5, 0.6) is 0 Å². The van der Waals surface area contributed by atoms with Crippen LogP contribution < -0.4 is 5.73 Å². The van der Waals surface area contributed by atoms with Crippen molar-refractivity contribution < 1.29 is 8.78 Å². The Morgan fingerprint density at radius 2 is 2.31 bits per heavy atom. The smallest absolute Gasteiger partial charge is 0.239 e. The Morgan fingerprint density at radius 1 is 1.62 bits per heavy atom. The summed E-state index contributed by atoms with van der Waals surface area (Å²) < 4.78 is 25.5. The van der Waals surface area contributed by atoms with E-state index in [0.717, 1.165) is 0 Å². The first-order chi connectivity index (χ1) is 6.08. The topological polar surface area (TPSA) is 43.8 Å². The molecule has 1 unspecified atom stereocenters. The van der Waals surface area contributed by atoms with Crippen molar-refractivity contribution in [3.05, 3.63) is 12.3 Å². The molecule has 0 aromatic carbocycles. The van der Waals surface area contributed by atoms with Crippen LogP contribution in [-0.2, 0) is 6.54 Å². The lowest BCUT2D eigenvalue weighted by molar-refractivity contribution is 0.113. The van der Waals surface area contributed by atoms with Gasteiger partial charge in [0.15, 0.2) is 0 Å². The van der Waals surface area contributed by atoms with E-state index < -0.39 is 6.43 Å². The molecule has 0 aliphatic rings. The van der Waals surface area contributed by atoms with Crippen molar-refractivity contribution in [2.24, 2.45) is 5.92 Å². The van der Waals surface area contributed by atoms with Gasteiger partial charge < -0.3 is 5.73 Å². The van der Waals surface area contributed by atoms with Crippen LogP contribution in [0, 0.1) is 5.92 Å². The summed E-state index contributed by atoms with van der Waals surface area (Å²) >= 11 is 0. The SMILES string of the molecule is CC(CC(F)F)Cn1ccc(N)n1. The highest BCUT2D eigenvalue weighted by Crippen LogP contribution is 2.12. The minimum Gasteiger partial charge on any atom is -0.382 e. The predicted molar refractivity (Wildman–Crippen MR) is 46.4 cm³/mol. The summed E-state index contributed by atoms with van der Waals surface area (Å²) in [4.78, 5) is 0. The van der Waals surface area contributed by atoms with E-state index in [9.17, 15) is 8.78 Å². The van der Waals surface area contributed by atoms with E-state index in [1.807, 2.05) is 0 Å². The number of nitrogens with zero attached hydrogens (tertiary/aromatic N) is 2. The quantitative estimate of drug-likeness (QED) is 0.784. The number of anilines is 1. The van der Waals surface area contributed by atoms with Crippen molar-refractivity contribution in [1.29, 1.82) is 0 Å². The molecule has 0 radical (unpaired) electrons. The number of aromatic nitrogens is 2. The van der Waals surface area contributed by atoms with E-state index in [4.69, 9.17) is 5.73 Å². The number of nitrogen functional groups attached to an aromatic ring is 1. The minimum absolute atomic E-state index is 0.0840. The van der Waals surface area contributed by atoms with Crippen molar-refractivity contribution in [1.82, 2.24) is 9.78 Å². The highest BCUT2D eigenvalue weighted by molar-refractivity contribution is 5.23. The average molecular weight is 189 g/mol. The monoisotopic (exact) mass is 189 g/mol. The molecule has 1 rings (SSSR count). The van der Waals surface area contributed by atoms with Gasteiger partial charge in [0.1, 0.15) is 5.82 Å². The first-order valence-corrected chi connectivity index (χ1v) is 4.15. The summed E-state index contributed by atoms with van der Waals surface area (Å²) in [6, 6.07) is 1.65. The van der Waals surface area contributed by atoms with Gasteiger partial charge in [0.05, 0.1) is 0 Å². The number of rotatable bonds is 4. The van der Waals surface area contributed by atoms with Gasteiger partial charge in [-0.2, -0.15) is 5.10 Å². The molecule has 1 heterocycles. The second-order valence-corrected chi connectivity index (χ2v) is 3.19. The van der Waals surface area contributed by atoms with Gasteiger partial charge in [-0.3, -0.25) is 4.68 Å². The van der Waals surface area contributed by atoms with Crippen LogP contribution in [0.15, 0.2) is 12.3 Å². The standard InChI is InChI=1S/C8H13F2N3/c1-6(4-7(9)10)5-13-3-2-8(11)12-13/h2-3,6-7H,4-5H2,1H3,(H2,11,12). The van der Waals surface area contributed by atoms with Crippen molar-refractivity contribution in [2.75, 3.05) is 5.73 Å². The van der Waals surface area contributed by atoms with Crippen molar-refractivity contribution in [3.63, 3.8) is 0 Å². The molecule has 13 heavy (non-hydrogen) atoms. The molecule has 3 nitrogen and oxygen atoms in total. The Labute approximate surface area is 75.5 Å². The molecule has 74 valence electrons. The molecule has 0 aliphatic heterocycles. The molecule has 0 amide bonds. The number of halogens is 2. The van der Waals surface area contributed by atoms with Gasteiger partial charge >= 0.3 is 0 Å². The zero-order valence-electron chi connectivity index (χ0n) is 7.45. The van der Waals surface area contributed by atoms with Gasteiger partial charge in [0.2, 0.25) is 6.43 Å². The fraction of sp³-hybridized carbons (Fsp3) is 0.625. The van der Waals surface area contributed by atoms with E-state index in [-0.39, 0.29) is 12.3 Å². The summed E-state index contributed by atoms with van der Waals surface area (Å²) in [5.74, 6) is 0.337. The van der Waals surface area contributed by atoms with Crippen LogP contribution in [0.25, 0.3) is 0 Å². The van der Waals surface area contributed by atoms with E-state index in [1.165, 1.54) is 0 Å².